The van der Waals surface area contributed by atoms with E-state index in [1.54, 1.807) is 38.5 Å². The number of hydrogen-bond acceptors (Lipinski definition) is 7. The second-order valence-corrected chi connectivity index (χ2v) is 7.15. The smallest absolute Gasteiger partial charge is 0.441 e. The number of halogens is 1. The molecule has 28 heavy (non-hydrogen) atoms. The molecule has 2 N–H and O–H groups in total. The fourth-order valence-electron chi connectivity index (χ4n) is 2.39. The molecule has 0 bridgehead atoms. The van der Waals surface area contributed by atoms with Gasteiger partial charge in [0.25, 0.3) is 0 Å². The van der Waals surface area contributed by atoms with Crippen LogP contribution in [0.1, 0.15) is 32.2 Å². The van der Waals surface area contributed by atoms with Gasteiger partial charge in [-0.25, -0.2) is 4.79 Å². The monoisotopic (exact) mass is 413 g/mol. The van der Waals surface area contributed by atoms with Gasteiger partial charge in [-0.1, -0.05) is 17.3 Å². The summed E-state index contributed by atoms with van der Waals surface area (Å²) in [5.41, 5.74) is 0.709. The van der Waals surface area contributed by atoms with Crippen molar-refractivity contribution in [2.45, 2.75) is 39.0 Å². The molecule has 2 aromatic rings. The molecule has 2 rings (SSSR count). The van der Waals surface area contributed by atoms with Crippen LogP contribution in [0.15, 0.2) is 27.5 Å². The lowest BCUT2D eigenvalue weighted by Crippen LogP contribution is -2.42. The van der Waals surface area contributed by atoms with E-state index in [-0.39, 0.29) is 24.5 Å². The van der Waals surface area contributed by atoms with Crippen LogP contribution < -0.4 is 20.5 Å². The largest absolute Gasteiger partial charge is 0.493 e. The van der Waals surface area contributed by atoms with Crippen LogP contribution in [0, 0.1) is 0 Å². The van der Waals surface area contributed by atoms with Crippen molar-refractivity contribution in [3.8, 4) is 11.5 Å². The Morgan fingerprint density at radius 2 is 1.93 bits per heavy atom. The van der Waals surface area contributed by atoms with Crippen LogP contribution in [0.4, 0.5) is 0 Å². The van der Waals surface area contributed by atoms with E-state index in [1.165, 1.54) is 4.57 Å². The first-order valence-electron chi connectivity index (χ1n) is 8.63. The zero-order chi connectivity index (χ0) is 20.0. The van der Waals surface area contributed by atoms with E-state index in [2.05, 4.69) is 10.5 Å². The van der Waals surface area contributed by atoms with Gasteiger partial charge in [-0.05, 0) is 44.5 Å². The molecule has 1 unspecified atom stereocenters. The van der Waals surface area contributed by atoms with Crippen LogP contribution in [0.5, 0.6) is 11.5 Å². The van der Waals surface area contributed by atoms with E-state index in [9.17, 15) is 9.90 Å². The van der Waals surface area contributed by atoms with Gasteiger partial charge in [0.15, 0.2) is 17.3 Å². The van der Waals surface area contributed by atoms with Crippen molar-refractivity contribution >= 4 is 24.6 Å². The maximum atomic E-state index is 11.9. The number of nitrogens with zero attached hydrogens (tertiary/aromatic N) is 2. The second-order valence-electron chi connectivity index (χ2n) is 7.15. The Labute approximate surface area is 170 Å². The first kappa shape index (κ1) is 23.7. The van der Waals surface area contributed by atoms with Crippen LogP contribution in [0.2, 0.25) is 0 Å². The number of methoxy groups -OCH3 is 2. The molecular formula is C19H28ClN3O5. The van der Waals surface area contributed by atoms with E-state index >= 15 is 0 Å². The standard InChI is InChI=1S/C19H27N3O5.ClH/c1-19(2,3)20-11-14(23)12-22-17(21-27-18(22)24)9-7-13-6-8-15(25-4)16(10-13)26-5;/h6-10,14,20,23H,11-12H2,1-5H3;1H/b9-7+;. The predicted octanol–water partition coefficient (Wildman–Crippen LogP) is 2.19. The molecule has 0 fully saturated rings. The van der Waals surface area contributed by atoms with Crippen LogP contribution in [-0.2, 0) is 6.54 Å². The Morgan fingerprint density at radius 1 is 1.25 bits per heavy atom. The van der Waals surface area contributed by atoms with Gasteiger partial charge in [0.2, 0.25) is 0 Å². The molecule has 0 amide bonds. The molecule has 1 aromatic carbocycles. The molecule has 0 aliphatic carbocycles. The summed E-state index contributed by atoms with van der Waals surface area (Å²) in [5.74, 6) is 0.935. The van der Waals surface area contributed by atoms with Gasteiger partial charge in [-0.2, -0.15) is 0 Å². The number of benzene rings is 1. The third-order valence-electron chi connectivity index (χ3n) is 3.81. The third-order valence-corrected chi connectivity index (χ3v) is 3.81. The molecule has 0 aliphatic heterocycles. The Balaban J connectivity index is 0.00000392. The highest BCUT2D eigenvalue weighted by Gasteiger charge is 2.16. The first-order valence-corrected chi connectivity index (χ1v) is 8.63. The van der Waals surface area contributed by atoms with Crippen molar-refractivity contribution in [2.75, 3.05) is 20.8 Å². The molecule has 0 saturated carbocycles. The van der Waals surface area contributed by atoms with Gasteiger partial charge >= 0.3 is 5.76 Å². The SMILES string of the molecule is COc1ccc(/C=C/c2noc(=O)n2CC(O)CNC(C)(C)C)cc1OC.Cl. The van der Waals surface area contributed by atoms with Gasteiger partial charge in [-0.15, -0.1) is 12.4 Å². The number of aliphatic hydroxyl groups is 1. The number of rotatable bonds is 8. The van der Waals surface area contributed by atoms with Gasteiger partial charge in [0.05, 0.1) is 26.9 Å². The minimum Gasteiger partial charge on any atom is -0.493 e. The molecule has 1 atom stereocenters. The molecule has 9 heteroatoms. The van der Waals surface area contributed by atoms with Crippen molar-refractivity contribution in [2.24, 2.45) is 0 Å². The Morgan fingerprint density at radius 3 is 2.54 bits per heavy atom. The lowest BCUT2D eigenvalue weighted by molar-refractivity contribution is 0.139. The summed E-state index contributed by atoms with van der Waals surface area (Å²) >= 11 is 0. The maximum Gasteiger partial charge on any atom is 0.441 e. The number of β-amino-alcohol motifs (C(OH)–C–C–N with tert-alkyl or cyclic N) is 1. The van der Waals surface area contributed by atoms with Crippen molar-refractivity contribution in [3.63, 3.8) is 0 Å². The topological polar surface area (TPSA) is 98.8 Å². The number of aliphatic hydroxyl groups excluding tert-OH is 1. The van der Waals surface area contributed by atoms with Crippen LogP contribution >= 0.6 is 12.4 Å². The second kappa shape index (κ2) is 10.3. The summed E-state index contributed by atoms with van der Waals surface area (Å²) in [5, 5.41) is 17.2. The Kier molecular flexibility index (Phi) is 8.74. The van der Waals surface area contributed by atoms with E-state index < -0.39 is 11.9 Å². The number of hydrogen-bond donors (Lipinski definition) is 2. The van der Waals surface area contributed by atoms with Crippen molar-refractivity contribution in [3.05, 3.63) is 40.1 Å². The number of ether oxygens (including phenoxy) is 2. The quantitative estimate of drug-likeness (QED) is 0.684. The van der Waals surface area contributed by atoms with Crippen LogP contribution in [0.3, 0.4) is 0 Å². The maximum absolute atomic E-state index is 11.9. The fourth-order valence-corrected chi connectivity index (χ4v) is 2.39. The molecule has 0 saturated heterocycles. The fraction of sp³-hybridized carbons (Fsp3) is 0.474. The molecular weight excluding hydrogens is 386 g/mol. The Hall–Kier alpha value is -2.29. The highest BCUT2D eigenvalue weighted by molar-refractivity contribution is 5.85. The number of aromatic nitrogens is 2. The molecule has 0 aliphatic rings. The summed E-state index contributed by atoms with van der Waals surface area (Å²) in [7, 11) is 3.13. The predicted molar refractivity (Wildman–Crippen MR) is 110 cm³/mol. The molecule has 1 heterocycles. The van der Waals surface area contributed by atoms with E-state index in [1.807, 2.05) is 26.8 Å². The van der Waals surface area contributed by atoms with Crippen molar-refractivity contribution in [1.29, 1.82) is 0 Å². The molecule has 0 radical (unpaired) electrons. The van der Waals surface area contributed by atoms with Crippen molar-refractivity contribution < 1.29 is 19.1 Å². The molecule has 1 aromatic heterocycles. The van der Waals surface area contributed by atoms with Crippen LogP contribution in [-0.4, -0.2) is 47.2 Å². The zero-order valence-electron chi connectivity index (χ0n) is 16.8. The van der Waals surface area contributed by atoms with Crippen LogP contribution in [0.25, 0.3) is 12.2 Å². The average Bonchev–Trinajstić information content (AvgIpc) is 2.97. The summed E-state index contributed by atoms with van der Waals surface area (Å²) in [6, 6.07) is 5.44. The van der Waals surface area contributed by atoms with Gasteiger partial charge in [0.1, 0.15) is 0 Å². The van der Waals surface area contributed by atoms with Gasteiger partial charge in [-0.3, -0.25) is 9.09 Å². The third kappa shape index (κ3) is 6.70. The molecule has 156 valence electrons. The van der Waals surface area contributed by atoms with Gasteiger partial charge in [0, 0.05) is 12.1 Å². The average molecular weight is 414 g/mol. The summed E-state index contributed by atoms with van der Waals surface area (Å²) in [4.78, 5) is 11.9. The normalized spacial score (nSPS) is 12.6. The lowest BCUT2D eigenvalue weighted by atomic mass is 10.1. The first-order chi connectivity index (χ1) is 12.7. The van der Waals surface area contributed by atoms with Crippen molar-refractivity contribution in [1.82, 2.24) is 15.0 Å². The summed E-state index contributed by atoms with van der Waals surface area (Å²) in [6.07, 6.45) is 2.67. The summed E-state index contributed by atoms with van der Waals surface area (Å²) < 4.78 is 16.5. The van der Waals surface area contributed by atoms with E-state index in [0.717, 1.165) is 5.56 Å². The minimum absolute atomic E-state index is 0. The summed E-state index contributed by atoms with van der Waals surface area (Å²) in [6.45, 7) is 6.44. The van der Waals surface area contributed by atoms with E-state index in [0.29, 0.717) is 23.9 Å². The number of nitrogens with one attached hydrogen (secondary N) is 1. The Bertz CT molecular complexity index is 839. The van der Waals surface area contributed by atoms with Gasteiger partial charge < -0.3 is 19.9 Å². The molecule has 8 nitrogen and oxygen atoms in total. The lowest BCUT2D eigenvalue weighted by Gasteiger charge is -2.22. The highest BCUT2D eigenvalue weighted by atomic mass is 35.5. The molecule has 0 spiro atoms. The minimum atomic E-state index is -0.755. The van der Waals surface area contributed by atoms with E-state index in [4.69, 9.17) is 14.0 Å². The zero-order valence-corrected chi connectivity index (χ0v) is 17.6. The highest BCUT2D eigenvalue weighted by Crippen LogP contribution is 2.28.